The molecule has 4 aromatic carbocycles. The fourth-order valence-electron chi connectivity index (χ4n) is 4.34. The van der Waals surface area contributed by atoms with Crippen molar-refractivity contribution < 1.29 is 0 Å². The van der Waals surface area contributed by atoms with Crippen LogP contribution in [-0.4, -0.2) is 20.9 Å². The van der Waals surface area contributed by atoms with Gasteiger partial charge in [-0.3, -0.25) is 0 Å². The van der Waals surface area contributed by atoms with Gasteiger partial charge in [0.15, 0.2) is 0 Å². The van der Waals surface area contributed by atoms with Crippen molar-refractivity contribution in [2.24, 2.45) is 0 Å². The molecule has 1 heteroatoms. The van der Waals surface area contributed by atoms with Gasteiger partial charge in [0.2, 0.25) is 0 Å². The summed E-state index contributed by atoms with van der Waals surface area (Å²) < 4.78 is 3.09. The third-order valence-electron chi connectivity index (χ3n) is 5.47. The summed E-state index contributed by atoms with van der Waals surface area (Å²) in [5.74, 6) is 0. The van der Waals surface area contributed by atoms with Crippen LogP contribution in [0.15, 0.2) is 97.1 Å². The van der Waals surface area contributed by atoms with Gasteiger partial charge in [-0.15, -0.1) is 0 Å². The first-order valence-electron chi connectivity index (χ1n) is 9.22. The molecule has 0 bridgehead atoms. The third-order valence-corrected chi connectivity index (χ3v) is 8.75. The van der Waals surface area contributed by atoms with Gasteiger partial charge in [-0.1, -0.05) is 0 Å². The molecule has 0 saturated carbocycles. The Labute approximate surface area is 169 Å². The van der Waals surface area contributed by atoms with Crippen molar-refractivity contribution in [1.29, 1.82) is 0 Å². The average molecular weight is 456 g/mol. The van der Waals surface area contributed by atoms with E-state index in [9.17, 15) is 0 Å². The Hall–Kier alpha value is -2.59. The number of benzene rings is 4. The molecule has 0 radical (unpaired) electrons. The van der Waals surface area contributed by atoms with Crippen LogP contribution in [0.5, 0.6) is 0 Å². The first-order valence-corrected chi connectivity index (χ1v) is 11.5. The van der Waals surface area contributed by atoms with E-state index >= 15 is 0 Å². The van der Waals surface area contributed by atoms with Crippen molar-refractivity contribution in [3.05, 3.63) is 119 Å². The van der Waals surface area contributed by atoms with Crippen LogP contribution >= 0.6 is 0 Å². The monoisotopic (exact) mass is 458 g/mol. The summed E-state index contributed by atoms with van der Waals surface area (Å²) in [6.07, 6.45) is 0. The van der Waals surface area contributed by atoms with E-state index in [1.54, 1.807) is 7.22 Å². The summed E-state index contributed by atoms with van der Waals surface area (Å²) in [4.78, 5) is 0. The molecule has 0 aromatic heterocycles. The molecule has 1 aliphatic heterocycles. The average Bonchev–Trinajstić information content (AvgIpc) is 3.06. The molecule has 0 nitrogen and oxygen atoms in total. The molecule has 0 fully saturated rings. The van der Waals surface area contributed by atoms with E-state index in [0.29, 0.717) is 0 Å². The van der Waals surface area contributed by atoms with Gasteiger partial charge < -0.3 is 0 Å². The number of hydrogen-bond donors (Lipinski definition) is 0. The Morgan fingerprint density at radius 1 is 0.333 bits per heavy atom. The van der Waals surface area contributed by atoms with E-state index in [-0.39, 0.29) is 20.9 Å². The Kier molecular flexibility index (Phi) is 3.41. The van der Waals surface area contributed by atoms with Gasteiger partial charge >= 0.3 is 170 Å². The van der Waals surface area contributed by atoms with Crippen LogP contribution < -0.4 is 7.22 Å². The molecule has 0 unspecified atom stereocenters. The number of fused-ring (bicyclic) bond motifs is 5. The Morgan fingerprint density at radius 2 is 0.667 bits per heavy atom. The summed E-state index contributed by atoms with van der Waals surface area (Å²) in [6, 6.07) is 35.8. The third kappa shape index (κ3) is 2.23. The Balaban J connectivity index is 1.81. The van der Waals surface area contributed by atoms with Crippen LogP contribution in [0.25, 0.3) is 22.3 Å². The number of hydrogen-bond acceptors (Lipinski definition) is 0. The van der Waals surface area contributed by atoms with E-state index in [1.807, 2.05) is 0 Å². The minimum absolute atomic E-state index is 0.346. The predicted molar refractivity (Wildman–Crippen MR) is 115 cm³/mol. The molecule has 126 valence electrons. The maximum atomic E-state index is 2.33. The van der Waals surface area contributed by atoms with E-state index < -0.39 is 0 Å². The van der Waals surface area contributed by atoms with Gasteiger partial charge in [-0.05, 0) is 0 Å². The zero-order chi connectivity index (χ0) is 17.8. The summed E-state index contributed by atoms with van der Waals surface area (Å²) in [6.45, 7) is 0. The van der Waals surface area contributed by atoms with Crippen LogP contribution in [0.2, 0.25) is 0 Å². The standard InChI is InChI=1S/C26H16Te/c1-3-11-19-17(9-1)18-10-2-4-12-20(18)25(19)26-21-13-5-7-15-23(21)27-24-16-8-6-14-22(24)26/h1-16H. The molecular weight excluding hydrogens is 440 g/mol. The van der Waals surface area contributed by atoms with E-state index in [2.05, 4.69) is 97.1 Å². The molecule has 6 rings (SSSR count). The van der Waals surface area contributed by atoms with Crippen LogP contribution in [-0.2, 0) is 0 Å². The predicted octanol–water partition coefficient (Wildman–Crippen LogP) is 4.64. The second-order valence-electron chi connectivity index (χ2n) is 6.94. The molecule has 0 atom stereocenters. The van der Waals surface area contributed by atoms with Gasteiger partial charge in [0.1, 0.15) is 0 Å². The zero-order valence-corrected chi connectivity index (χ0v) is 17.0. The summed E-state index contributed by atoms with van der Waals surface area (Å²) in [5, 5.41) is 0. The van der Waals surface area contributed by atoms with Crippen molar-refractivity contribution in [3.8, 4) is 11.1 Å². The molecule has 2 aliphatic rings. The molecule has 27 heavy (non-hydrogen) atoms. The first kappa shape index (κ1) is 15.5. The fourth-order valence-corrected chi connectivity index (χ4v) is 7.46. The molecule has 4 aromatic rings. The summed E-state index contributed by atoms with van der Waals surface area (Å²) >= 11 is -0.346. The van der Waals surface area contributed by atoms with Crippen LogP contribution in [0, 0.1) is 0 Å². The van der Waals surface area contributed by atoms with Crippen LogP contribution in [0.3, 0.4) is 0 Å². The zero-order valence-electron chi connectivity index (χ0n) is 14.6. The van der Waals surface area contributed by atoms with E-state index in [1.165, 1.54) is 44.5 Å². The quantitative estimate of drug-likeness (QED) is 0.293. The molecule has 0 amide bonds. The molecule has 0 N–H and O–H groups in total. The van der Waals surface area contributed by atoms with Gasteiger partial charge in [0.25, 0.3) is 0 Å². The second kappa shape index (κ2) is 5.96. The normalized spacial score (nSPS) is 13.6. The first-order chi connectivity index (χ1) is 13.4. The summed E-state index contributed by atoms with van der Waals surface area (Å²) in [7, 11) is 0. The van der Waals surface area contributed by atoms with Crippen molar-refractivity contribution >= 4 is 39.3 Å². The fraction of sp³-hybridized carbons (Fsp3) is 0. The maximum absolute atomic E-state index is 2.33. The Morgan fingerprint density at radius 3 is 1.15 bits per heavy atom. The summed E-state index contributed by atoms with van der Waals surface area (Å²) in [5.41, 5.74) is 11.1. The van der Waals surface area contributed by atoms with Crippen LogP contribution in [0.4, 0.5) is 0 Å². The van der Waals surface area contributed by atoms with Crippen molar-refractivity contribution in [2.75, 3.05) is 0 Å². The van der Waals surface area contributed by atoms with Gasteiger partial charge in [-0.2, -0.15) is 0 Å². The SMILES string of the molecule is c1ccc2c(c1)[Te]c1ccccc1C2=C1c2ccccc2-c2ccccc21. The molecule has 0 spiro atoms. The second-order valence-corrected chi connectivity index (χ2v) is 10.0. The van der Waals surface area contributed by atoms with E-state index in [0.717, 1.165) is 0 Å². The molecule has 1 aliphatic carbocycles. The van der Waals surface area contributed by atoms with Crippen molar-refractivity contribution in [1.82, 2.24) is 0 Å². The van der Waals surface area contributed by atoms with Crippen molar-refractivity contribution in [2.45, 2.75) is 0 Å². The van der Waals surface area contributed by atoms with Gasteiger partial charge in [0.05, 0.1) is 0 Å². The topological polar surface area (TPSA) is 0 Å². The molecular formula is C26H16Te. The van der Waals surface area contributed by atoms with Gasteiger partial charge in [0, 0.05) is 0 Å². The molecule has 1 heterocycles. The van der Waals surface area contributed by atoms with Crippen molar-refractivity contribution in [3.63, 3.8) is 0 Å². The van der Waals surface area contributed by atoms with E-state index in [4.69, 9.17) is 0 Å². The minimum atomic E-state index is -0.346. The number of rotatable bonds is 0. The Bertz CT molecular complexity index is 1150. The van der Waals surface area contributed by atoms with Gasteiger partial charge in [-0.25, -0.2) is 0 Å². The van der Waals surface area contributed by atoms with Crippen LogP contribution in [0.1, 0.15) is 22.3 Å². The molecule has 0 saturated heterocycles.